The molecule has 1 aromatic carbocycles. The number of hydrogen-bond donors (Lipinski definition) is 0. The fourth-order valence-corrected chi connectivity index (χ4v) is 4.51. The van der Waals surface area contributed by atoms with Crippen molar-refractivity contribution in [3.8, 4) is 0 Å². The lowest BCUT2D eigenvalue weighted by Crippen LogP contribution is -2.39. The summed E-state index contributed by atoms with van der Waals surface area (Å²) in [5.41, 5.74) is 3.94. The quantitative estimate of drug-likeness (QED) is 0.409. The van der Waals surface area contributed by atoms with E-state index in [1.807, 2.05) is 42.5 Å². The van der Waals surface area contributed by atoms with Gasteiger partial charge in [0.25, 0.3) is 5.91 Å². The molecule has 1 aliphatic rings. The van der Waals surface area contributed by atoms with Crippen molar-refractivity contribution in [3.63, 3.8) is 0 Å². The van der Waals surface area contributed by atoms with Crippen LogP contribution in [0.1, 0.15) is 61.5 Å². The van der Waals surface area contributed by atoms with Gasteiger partial charge in [-0.2, -0.15) is 0 Å². The van der Waals surface area contributed by atoms with E-state index in [4.69, 9.17) is 14.1 Å². The number of hydrogen-bond acceptors (Lipinski definition) is 5. The van der Waals surface area contributed by atoms with Gasteiger partial charge in [0.15, 0.2) is 6.61 Å². The molecular formula is C28H32N2O4. The highest BCUT2D eigenvalue weighted by Gasteiger charge is 2.28. The van der Waals surface area contributed by atoms with Crippen LogP contribution in [0.15, 0.2) is 47.1 Å². The summed E-state index contributed by atoms with van der Waals surface area (Å²) in [4.78, 5) is 32.9. The van der Waals surface area contributed by atoms with E-state index in [1.54, 1.807) is 11.2 Å². The van der Waals surface area contributed by atoms with Gasteiger partial charge in [-0.1, -0.05) is 45.9 Å². The second kappa shape index (κ2) is 10.2. The predicted molar refractivity (Wildman–Crippen MR) is 133 cm³/mol. The van der Waals surface area contributed by atoms with E-state index in [0.29, 0.717) is 36.9 Å². The van der Waals surface area contributed by atoms with Crippen molar-refractivity contribution in [1.82, 2.24) is 9.88 Å². The van der Waals surface area contributed by atoms with E-state index in [-0.39, 0.29) is 12.5 Å². The van der Waals surface area contributed by atoms with Crippen LogP contribution in [0, 0.1) is 11.8 Å². The summed E-state index contributed by atoms with van der Waals surface area (Å²) in [6.07, 6.45) is 5.06. The molecule has 0 bridgehead atoms. The van der Waals surface area contributed by atoms with Crippen molar-refractivity contribution >= 4 is 34.4 Å². The summed E-state index contributed by atoms with van der Waals surface area (Å²) in [6.45, 7) is 9.32. The molecule has 0 N–H and O–H groups in total. The molecular weight excluding hydrogens is 428 g/mol. The first-order valence-corrected chi connectivity index (χ1v) is 11.9. The molecule has 0 aliphatic heterocycles. The molecule has 0 spiro atoms. The van der Waals surface area contributed by atoms with Gasteiger partial charge in [0.2, 0.25) is 0 Å². The molecule has 34 heavy (non-hydrogen) atoms. The van der Waals surface area contributed by atoms with Gasteiger partial charge >= 0.3 is 5.97 Å². The normalized spacial score (nSPS) is 14.2. The van der Waals surface area contributed by atoms with Crippen LogP contribution < -0.4 is 0 Å². The Balaban J connectivity index is 1.62. The van der Waals surface area contributed by atoms with Gasteiger partial charge in [-0.15, -0.1) is 0 Å². The Morgan fingerprint density at radius 2 is 1.79 bits per heavy atom. The predicted octanol–water partition coefficient (Wildman–Crippen LogP) is 5.61. The Kier molecular flexibility index (Phi) is 7.15. The minimum atomic E-state index is -0.475. The number of nitrogens with zero attached hydrogens (tertiary/aromatic N) is 2. The van der Waals surface area contributed by atoms with Crippen LogP contribution in [0.25, 0.3) is 22.6 Å². The molecule has 6 heteroatoms. The largest absolute Gasteiger partial charge is 0.465 e. The number of fused-ring (bicyclic) bond motifs is 2. The molecule has 6 nitrogen and oxygen atoms in total. The minimum absolute atomic E-state index is 0.163. The summed E-state index contributed by atoms with van der Waals surface area (Å²) >= 11 is 0. The lowest BCUT2D eigenvalue weighted by molar-refractivity contribution is -0.135. The van der Waals surface area contributed by atoms with Crippen molar-refractivity contribution in [2.45, 2.75) is 40.5 Å². The number of allylic oxidation sites excluding steroid dienone is 1. The van der Waals surface area contributed by atoms with Crippen LogP contribution in [0.2, 0.25) is 0 Å². The molecule has 0 saturated carbocycles. The Morgan fingerprint density at radius 3 is 2.47 bits per heavy atom. The molecule has 178 valence electrons. The third-order valence-corrected chi connectivity index (χ3v) is 5.86. The zero-order valence-corrected chi connectivity index (χ0v) is 20.3. The molecule has 0 unspecified atom stereocenters. The number of carbonyl (C=O) groups is 2. The summed E-state index contributed by atoms with van der Waals surface area (Å²) in [7, 11) is 0. The highest BCUT2D eigenvalue weighted by molar-refractivity contribution is 6.07. The van der Waals surface area contributed by atoms with Crippen molar-refractivity contribution < 1.29 is 18.7 Å². The van der Waals surface area contributed by atoms with E-state index >= 15 is 0 Å². The van der Waals surface area contributed by atoms with Gasteiger partial charge in [0.05, 0.1) is 23.0 Å². The number of carbonyl (C=O) groups excluding carboxylic acids is 2. The van der Waals surface area contributed by atoms with Crippen molar-refractivity contribution in [3.05, 3.63) is 65.2 Å². The summed E-state index contributed by atoms with van der Waals surface area (Å²) in [5, 5.41) is 0.749. The molecule has 0 saturated heterocycles. The average Bonchev–Trinajstić information content (AvgIpc) is 3.45. The number of benzene rings is 1. The molecule has 0 atom stereocenters. The topological polar surface area (TPSA) is 72.6 Å². The SMILES string of the molecule is CC(C)CN(CC(C)C)C(=O)COC(=O)c1c2c(nc3ccccc13)C(=Cc1ccco1)CC2. The zero-order valence-electron chi connectivity index (χ0n) is 20.3. The molecule has 1 amide bonds. The number of pyridine rings is 1. The van der Waals surface area contributed by atoms with Crippen molar-refractivity contribution in [1.29, 1.82) is 0 Å². The van der Waals surface area contributed by atoms with Crippen LogP contribution in [-0.4, -0.2) is 41.5 Å². The number of furan rings is 1. The Hall–Kier alpha value is -3.41. The first-order valence-electron chi connectivity index (χ1n) is 11.9. The van der Waals surface area contributed by atoms with Gasteiger partial charge < -0.3 is 14.1 Å². The monoisotopic (exact) mass is 460 g/mol. The number of amides is 1. The fraction of sp³-hybridized carbons (Fsp3) is 0.393. The Morgan fingerprint density at radius 1 is 1.06 bits per heavy atom. The minimum Gasteiger partial charge on any atom is -0.465 e. The van der Waals surface area contributed by atoms with Gasteiger partial charge in [-0.05, 0) is 60.1 Å². The van der Waals surface area contributed by atoms with E-state index in [9.17, 15) is 9.59 Å². The lowest BCUT2D eigenvalue weighted by Gasteiger charge is -2.26. The van der Waals surface area contributed by atoms with Gasteiger partial charge in [0, 0.05) is 18.5 Å². The second-order valence-corrected chi connectivity index (χ2v) is 9.68. The highest BCUT2D eigenvalue weighted by atomic mass is 16.5. The summed E-state index contributed by atoms with van der Waals surface area (Å²) in [6, 6.07) is 11.3. The third kappa shape index (κ3) is 5.22. The van der Waals surface area contributed by atoms with E-state index in [2.05, 4.69) is 27.7 Å². The number of rotatable bonds is 8. The third-order valence-electron chi connectivity index (χ3n) is 5.86. The summed E-state index contributed by atoms with van der Waals surface area (Å²) in [5.74, 6) is 0.791. The molecule has 2 heterocycles. The molecule has 2 aromatic heterocycles. The second-order valence-electron chi connectivity index (χ2n) is 9.68. The smallest absolute Gasteiger partial charge is 0.339 e. The van der Waals surface area contributed by atoms with Crippen molar-refractivity contribution in [2.75, 3.05) is 19.7 Å². The first-order chi connectivity index (χ1) is 16.3. The fourth-order valence-electron chi connectivity index (χ4n) is 4.51. The Bertz CT molecular complexity index is 1200. The van der Waals surface area contributed by atoms with Crippen LogP contribution in [0.4, 0.5) is 0 Å². The van der Waals surface area contributed by atoms with Crippen LogP contribution in [-0.2, 0) is 16.0 Å². The van der Waals surface area contributed by atoms with Gasteiger partial charge in [0.1, 0.15) is 5.76 Å². The molecule has 4 rings (SSSR count). The van der Waals surface area contributed by atoms with Crippen LogP contribution in [0.5, 0.6) is 0 Å². The summed E-state index contributed by atoms with van der Waals surface area (Å²) < 4.78 is 11.1. The van der Waals surface area contributed by atoms with E-state index in [0.717, 1.165) is 39.9 Å². The maximum absolute atomic E-state index is 13.4. The van der Waals surface area contributed by atoms with Crippen LogP contribution >= 0.6 is 0 Å². The molecule has 0 fully saturated rings. The maximum Gasteiger partial charge on any atom is 0.339 e. The first kappa shape index (κ1) is 23.7. The number of para-hydroxylation sites is 1. The zero-order chi connectivity index (χ0) is 24.2. The van der Waals surface area contributed by atoms with Gasteiger partial charge in [-0.25, -0.2) is 9.78 Å². The van der Waals surface area contributed by atoms with Gasteiger partial charge in [-0.3, -0.25) is 4.79 Å². The number of esters is 1. The Labute approximate surface area is 200 Å². The van der Waals surface area contributed by atoms with Crippen molar-refractivity contribution in [2.24, 2.45) is 11.8 Å². The molecule has 0 radical (unpaired) electrons. The van der Waals surface area contributed by atoms with E-state index in [1.165, 1.54) is 0 Å². The number of ether oxygens (including phenoxy) is 1. The standard InChI is InChI=1S/C28H32N2O4/c1-18(2)15-30(16-19(3)4)25(31)17-34-28(32)26-22-9-5-6-10-24(22)29-27-20(11-12-23(26)27)14-21-8-7-13-33-21/h5-10,13-14,18-19H,11-12,15-17H2,1-4H3. The van der Waals surface area contributed by atoms with E-state index < -0.39 is 5.97 Å². The maximum atomic E-state index is 13.4. The number of aromatic nitrogens is 1. The average molecular weight is 461 g/mol. The lowest BCUT2D eigenvalue weighted by atomic mass is 10.0. The molecule has 1 aliphatic carbocycles. The highest BCUT2D eigenvalue weighted by Crippen LogP contribution is 2.37. The van der Waals surface area contributed by atoms with Crippen LogP contribution in [0.3, 0.4) is 0 Å². The molecule has 3 aromatic rings.